The van der Waals surface area contributed by atoms with Crippen molar-refractivity contribution in [2.75, 3.05) is 12.4 Å². The molecule has 0 fully saturated rings. The molecule has 0 atom stereocenters. The molecular formula is C24H22N4O4. The number of hydrogen-bond acceptors (Lipinski definition) is 5. The average Bonchev–Trinajstić information content (AvgIpc) is 2.83. The van der Waals surface area contributed by atoms with Crippen LogP contribution >= 0.6 is 0 Å². The van der Waals surface area contributed by atoms with E-state index in [1.807, 2.05) is 0 Å². The molecular weight excluding hydrogens is 408 g/mol. The Hall–Kier alpha value is -4.46. The summed E-state index contributed by atoms with van der Waals surface area (Å²) in [6.07, 6.45) is 2.67. The molecule has 0 aliphatic carbocycles. The van der Waals surface area contributed by atoms with Crippen LogP contribution in [0.4, 0.5) is 5.69 Å². The van der Waals surface area contributed by atoms with Crippen molar-refractivity contribution in [3.8, 4) is 11.5 Å². The summed E-state index contributed by atoms with van der Waals surface area (Å²) in [7, 11) is 1.52. The summed E-state index contributed by atoms with van der Waals surface area (Å²) in [4.78, 5) is 39.8. The molecule has 8 nitrogen and oxygen atoms in total. The van der Waals surface area contributed by atoms with E-state index in [1.165, 1.54) is 25.4 Å². The fraction of sp³-hybridized carbons (Fsp3) is 0.0833. The molecule has 3 amide bonds. The molecule has 3 aromatic rings. The smallest absolute Gasteiger partial charge is 0.269 e. The Bertz CT molecular complexity index is 1140. The Morgan fingerprint density at radius 3 is 2.50 bits per heavy atom. The van der Waals surface area contributed by atoms with Gasteiger partial charge in [0, 0.05) is 31.4 Å². The lowest BCUT2D eigenvalue weighted by Gasteiger charge is -2.13. The molecule has 32 heavy (non-hydrogen) atoms. The summed E-state index contributed by atoms with van der Waals surface area (Å²) in [5.41, 5.74) is 1.99. The van der Waals surface area contributed by atoms with Crippen LogP contribution in [0.1, 0.15) is 26.4 Å². The Labute approximate surface area is 185 Å². The number of carbonyl (C=O) groups excluding carboxylic acids is 3. The third-order valence-electron chi connectivity index (χ3n) is 4.42. The summed E-state index contributed by atoms with van der Waals surface area (Å²) in [5.74, 6) is -0.0852. The number of aromatic nitrogens is 1. The van der Waals surface area contributed by atoms with Crippen LogP contribution in [0.25, 0.3) is 0 Å². The number of para-hydroxylation sites is 2. The van der Waals surface area contributed by atoms with E-state index < -0.39 is 0 Å². The number of benzene rings is 2. The van der Waals surface area contributed by atoms with Gasteiger partial charge < -0.3 is 20.7 Å². The largest absolute Gasteiger partial charge is 0.455 e. The molecule has 3 rings (SSSR count). The molecule has 2 aromatic carbocycles. The maximum absolute atomic E-state index is 12.7. The highest BCUT2D eigenvalue weighted by Crippen LogP contribution is 2.29. The van der Waals surface area contributed by atoms with E-state index in [4.69, 9.17) is 4.74 Å². The van der Waals surface area contributed by atoms with Crippen LogP contribution < -0.4 is 20.7 Å². The summed E-state index contributed by atoms with van der Waals surface area (Å²) in [6.45, 7) is 3.74. The van der Waals surface area contributed by atoms with Gasteiger partial charge in [0.05, 0.1) is 5.69 Å². The first-order valence-electron chi connectivity index (χ1n) is 9.75. The molecule has 3 N–H and O–H groups in total. The van der Waals surface area contributed by atoms with Crippen molar-refractivity contribution in [2.45, 2.75) is 6.54 Å². The molecule has 0 aliphatic rings. The van der Waals surface area contributed by atoms with Crippen LogP contribution in [-0.4, -0.2) is 29.8 Å². The molecule has 162 valence electrons. The van der Waals surface area contributed by atoms with E-state index in [1.54, 1.807) is 54.6 Å². The van der Waals surface area contributed by atoms with Gasteiger partial charge in [-0.25, -0.2) is 0 Å². The van der Waals surface area contributed by atoms with Gasteiger partial charge in [-0.1, -0.05) is 30.8 Å². The molecule has 0 saturated carbocycles. The summed E-state index contributed by atoms with van der Waals surface area (Å²) < 4.78 is 5.88. The number of carbonyl (C=O) groups is 3. The molecule has 0 radical (unpaired) electrons. The average molecular weight is 430 g/mol. The minimum absolute atomic E-state index is 0.218. The zero-order valence-electron chi connectivity index (χ0n) is 17.4. The Balaban J connectivity index is 1.71. The van der Waals surface area contributed by atoms with Gasteiger partial charge in [-0.3, -0.25) is 19.4 Å². The molecule has 0 bridgehead atoms. The summed E-state index contributed by atoms with van der Waals surface area (Å²) in [5, 5.41) is 8.02. The minimum Gasteiger partial charge on any atom is -0.455 e. The second-order valence-electron chi connectivity index (χ2n) is 6.63. The number of ether oxygens (including phenoxy) is 1. The lowest BCUT2D eigenvalue weighted by Crippen LogP contribution is -2.20. The van der Waals surface area contributed by atoms with E-state index in [0.717, 1.165) is 5.56 Å². The molecule has 0 aliphatic heterocycles. The summed E-state index contributed by atoms with van der Waals surface area (Å²) in [6, 6.07) is 17.0. The van der Waals surface area contributed by atoms with Crippen molar-refractivity contribution in [3.05, 3.63) is 96.3 Å². The number of nitrogens with zero attached hydrogens (tertiary/aromatic N) is 1. The first-order chi connectivity index (χ1) is 15.5. The lowest BCUT2D eigenvalue weighted by molar-refractivity contribution is -0.116. The van der Waals surface area contributed by atoms with Gasteiger partial charge in [-0.05, 0) is 42.0 Å². The van der Waals surface area contributed by atoms with Crippen molar-refractivity contribution in [1.29, 1.82) is 0 Å². The van der Waals surface area contributed by atoms with Crippen LogP contribution in [-0.2, 0) is 11.3 Å². The highest BCUT2D eigenvalue weighted by atomic mass is 16.5. The second kappa shape index (κ2) is 10.5. The number of pyridine rings is 1. The Morgan fingerprint density at radius 1 is 1.03 bits per heavy atom. The molecule has 8 heteroatoms. The number of hydrogen-bond donors (Lipinski definition) is 3. The SMILES string of the molecule is C=CC(=O)NCc1ccc(C(=O)Nc2ccccc2Oc2ccnc(C(=O)NC)c2)cc1. The summed E-state index contributed by atoms with van der Waals surface area (Å²) >= 11 is 0. The van der Waals surface area contributed by atoms with Gasteiger partial charge in [0.25, 0.3) is 11.8 Å². The van der Waals surface area contributed by atoms with Gasteiger partial charge in [-0.2, -0.15) is 0 Å². The fourth-order valence-corrected chi connectivity index (χ4v) is 2.74. The van der Waals surface area contributed by atoms with E-state index in [2.05, 4.69) is 27.5 Å². The third kappa shape index (κ3) is 5.79. The van der Waals surface area contributed by atoms with Crippen molar-refractivity contribution >= 4 is 23.4 Å². The van der Waals surface area contributed by atoms with E-state index >= 15 is 0 Å². The first-order valence-corrected chi connectivity index (χ1v) is 9.75. The highest BCUT2D eigenvalue weighted by Gasteiger charge is 2.12. The van der Waals surface area contributed by atoms with Gasteiger partial charge in [-0.15, -0.1) is 0 Å². The van der Waals surface area contributed by atoms with Crippen LogP contribution in [0.2, 0.25) is 0 Å². The Morgan fingerprint density at radius 2 is 1.78 bits per heavy atom. The topological polar surface area (TPSA) is 109 Å². The minimum atomic E-state index is -0.329. The van der Waals surface area contributed by atoms with E-state index in [0.29, 0.717) is 29.3 Å². The second-order valence-corrected chi connectivity index (χ2v) is 6.63. The van der Waals surface area contributed by atoms with Gasteiger partial charge in [0.1, 0.15) is 11.4 Å². The van der Waals surface area contributed by atoms with Gasteiger partial charge >= 0.3 is 0 Å². The van der Waals surface area contributed by atoms with Crippen molar-refractivity contribution in [3.63, 3.8) is 0 Å². The first kappa shape index (κ1) is 22.2. The molecule has 1 aromatic heterocycles. The van der Waals surface area contributed by atoms with Crippen molar-refractivity contribution in [1.82, 2.24) is 15.6 Å². The third-order valence-corrected chi connectivity index (χ3v) is 4.42. The predicted molar refractivity (Wildman–Crippen MR) is 121 cm³/mol. The van der Waals surface area contributed by atoms with Gasteiger partial charge in [0.15, 0.2) is 5.75 Å². The Kier molecular flexibility index (Phi) is 7.32. The normalized spacial score (nSPS) is 10.0. The molecule has 0 saturated heterocycles. The maximum Gasteiger partial charge on any atom is 0.269 e. The van der Waals surface area contributed by atoms with E-state index in [-0.39, 0.29) is 23.4 Å². The number of nitrogens with one attached hydrogen (secondary N) is 3. The van der Waals surface area contributed by atoms with Crippen LogP contribution in [0.5, 0.6) is 11.5 Å². The zero-order chi connectivity index (χ0) is 22.9. The predicted octanol–water partition coefficient (Wildman–Crippen LogP) is 3.29. The van der Waals surface area contributed by atoms with Crippen molar-refractivity contribution < 1.29 is 19.1 Å². The molecule has 0 unspecified atom stereocenters. The highest BCUT2D eigenvalue weighted by molar-refractivity contribution is 6.05. The monoisotopic (exact) mass is 430 g/mol. The lowest BCUT2D eigenvalue weighted by atomic mass is 10.1. The quantitative estimate of drug-likeness (QED) is 0.475. The van der Waals surface area contributed by atoms with Crippen LogP contribution in [0.15, 0.2) is 79.5 Å². The number of amides is 3. The fourth-order valence-electron chi connectivity index (χ4n) is 2.74. The molecule has 1 heterocycles. The number of rotatable bonds is 8. The van der Waals surface area contributed by atoms with Crippen molar-refractivity contribution in [2.24, 2.45) is 0 Å². The standard InChI is InChI=1S/C24H22N4O4/c1-3-22(29)27-15-16-8-10-17(11-9-16)23(30)28-19-6-4-5-7-21(19)32-18-12-13-26-20(14-18)24(31)25-2/h3-14H,1,15H2,2H3,(H,25,31)(H,27,29)(H,28,30). The maximum atomic E-state index is 12.7. The van der Waals surface area contributed by atoms with Gasteiger partial charge in [0.2, 0.25) is 5.91 Å². The van der Waals surface area contributed by atoms with E-state index in [9.17, 15) is 14.4 Å². The van der Waals surface area contributed by atoms with Crippen LogP contribution in [0, 0.1) is 0 Å². The molecule has 0 spiro atoms. The number of anilines is 1. The van der Waals surface area contributed by atoms with Crippen LogP contribution in [0.3, 0.4) is 0 Å². The zero-order valence-corrected chi connectivity index (χ0v) is 17.4.